The van der Waals surface area contributed by atoms with E-state index in [1.807, 2.05) is 32.0 Å². The molecule has 0 radical (unpaired) electrons. The second-order valence-corrected chi connectivity index (χ2v) is 5.64. The van der Waals surface area contributed by atoms with Crippen LogP contribution in [0.2, 0.25) is 0 Å². The van der Waals surface area contributed by atoms with Crippen molar-refractivity contribution < 1.29 is 8.78 Å². The van der Waals surface area contributed by atoms with Crippen LogP contribution in [0, 0.1) is 25.5 Å². The fraction of sp³-hybridized carbons (Fsp3) is 0.250. The molecule has 106 valence electrons. The molecule has 20 heavy (non-hydrogen) atoms. The summed E-state index contributed by atoms with van der Waals surface area (Å²) in [6, 6.07) is 7.97. The monoisotopic (exact) mass is 339 g/mol. The Labute approximate surface area is 126 Å². The lowest BCUT2D eigenvalue weighted by molar-refractivity contribution is 0.517. The summed E-state index contributed by atoms with van der Waals surface area (Å²) < 4.78 is 28.7. The first-order chi connectivity index (χ1) is 9.47. The highest BCUT2D eigenvalue weighted by molar-refractivity contribution is 9.10. The van der Waals surface area contributed by atoms with Crippen molar-refractivity contribution >= 4 is 15.9 Å². The van der Waals surface area contributed by atoms with Crippen molar-refractivity contribution in [1.82, 2.24) is 5.32 Å². The summed E-state index contributed by atoms with van der Waals surface area (Å²) in [6.07, 6.45) is 0. The molecule has 1 nitrogen and oxygen atoms in total. The summed E-state index contributed by atoms with van der Waals surface area (Å²) in [6.45, 7) is 3.89. The molecule has 0 amide bonds. The van der Waals surface area contributed by atoms with E-state index in [2.05, 4.69) is 21.2 Å². The van der Waals surface area contributed by atoms with Gasteiger partial charge in [0, 0.05) is 5.56 Å². The standard InChI is InChI=1S/C16H16BrF2N/c1-9-5-4-6-10(2)13(9)16(20-3)14-12(18)8-7-11(17)15(14)19/h4-8,16,20H,1-3H3. The van der Waals surface area contributed by atoms with Crippen LogP contribution in [0.4, 0.5) is 8.78 Å². The van der Waals surface area contributed by atoms with E-state index in [9.17, 15) is 8.78 Å². The molecule has 1 unspecified atom stereocenters. The predicted octanol–water partition coefficient (Wildman–Crippen LogP) is 4.65. The normalized spacial score (nSPS) is 12.5. The van der Waals surface area contributed by atoms with Crippen LogP contribution in [0.1, 0.15) is 28.3 Å². The third-order valence-corrected chi connectivity index (χ3v) is 4.10. The van der Waals surface area contributed by atoms with Crippen molar-refractivity contribution in [2.45, 2.75) is 19.9 Å². The maximum Gasteiger partial charge on any atom is 0.145 e. The Morgan fingerprint density at radius 3 is 2.15 bits per heavy atom. The number of benzene rings is 2. The maximum absolute atomic E-state index is 14.3. The number of rotatable bonds is 3. The van der Waals surface area contributed by atoms with Gasteiger partial charge in [-0.25, -0.2) is 8.78 Å². The van der Waals surface area contributed by atoms with Crippen molar-refractivity contribution in [3.8, 4) is 0 Å². The molecule has 0 aliphatic carbocycles. The van der Waals surface area contributed by atoms with Crippen LogP contribution >= 0.6 is 15.9 Å². The van der Waals surface area contributed by atoms with Crippen LogP contribution in [-0.4, -0.2) is 7.05 Å². The fourth-order valence-corrected chi connectivity index (χ4v) is 2.87. The van der Waals surface area contributed by atoms with Crippen LogP contribution in [-0.2, 0) is 0 Å². The zero-order valence-corrected chi connectivity index (χ0v) is 13.2. The first-order valence-corrected chi connectivity index (χ1v) is 7.13. The molecule has 0 heterocycles. The molecule has 2 aromatic rings. The summed E-state index contributed by atoms with van der Waals surface area (Å²) in [5.74, 6) is -1.11. The zero-order valence-electron chi connectivity index (χ0n) is 11.6. The number of halogens is 3. The first kappa shape index (κ1) is 15.1. The average Bonchev–Trinajstić information content (AvgIpc) is 2.41. The molecule has 4 heteroatoms. The molecule has 0 aliphatic rings. The molecular weight excluding hydrogens is 324 g/mol. The summed E-state index contributed by atoms with van der Waals surface area (Å²) in [4.78, 5) is 0. The molecule has 0 fully saturated rings. The number of hydrogen-bond acceptors (Lipinski definition) is 1. The minimum Gasteiger partial charge on any atom is -0.309 e. The molecule has 2 aromatic carbocycles. The Morgan fingerprint density at radius 2 is 1.60 bits per heavy atom. The maximum atomic E-state index is 14.3. The van der Waals surface area contributed by atoms with Crippen molar-refractivity contribution in [3.05, 3.63) is 68.7 Å². The van der Waals surface area contributed by atoms with Crippen molar-refractivity contribution in [2.24, 2.45) is 0 Å². The zero-order chi connectivity index (χ0) is 14.9. The van der Waals surface area contributed by atoms with Crippen LogP contribution in [0.3, 0.4) is 0 Å². The van der Waals surface area contributed by atoms with Gasteiger partial charge in [-0.3, -0.25) is 0 Å². The highest BCUT2D eigenvalue weighted by Crippen LogP contribution is 2.33. The van der Waals surface area contributed by atoms with E-state index in [-0.39, 0.29) is 10.0 Å². The quantitative estimate of drug-likeness (QED) is 0.802. The van der Waals surface area contributed by atoms with E-state index in [0.29, 0.717) is 0 Å². The van der Waals surface area contributed by atoms with Gasteiger partial charge in [0.2, 0.25) is 0 Å². The van der Waals surface area contributed by atoms with E-state index < -0.39 is 17.7 Å². The lowest BCUT2D eigenvalue weighted by Crippen LogP contribution is -2.22. The van der Waals surface area contributed by atoms with Gasteiger partial charge < -0.3 is 5.32 Å². The largest absolute Gasteiger partial charge is 0.309 e. The van der Waals surface area contributed by atoms with Crippen molar-refractivity contribution in [1.29, 1.82) is 0 Å². The summed E-state index contributed by atoms with van der Waals surface area (Å²) in [7, 11) is 1.70. The molecule has 0 spiro atoms. The van der Waals surface area contributed by atoms with E-state index in [4.69, 9.17) is 0 Å². The molecule has 0 saturated heterocycles. The van der Waals surface area contributed by atoms with Crippen molar-refractivity contribution in [2.75, 3.05) is 7.05 Å². The Balaban J connectivity index is 2.68. The molecular formula is C16H16BrF2N. The topological polar surface area (TPSA) is 12.0 Å². The van der Waals surface area contributed by atoms with Crippen LogP contribution in [0.5, 0.6) is 0 Å². The SMILES string of the molecule is CNC(c1c(C)cccc1C)c1c(F)ccc(Br)c1F. The van der Waals surface area contributed by atoms with E-state index in [1.54, 1.807) is 7.05 Å². The highest BCUT2D eigenvalue weighted by Gasteiger charge is 2.24. The van der Waals surface area contributed by atoms with Gasteiger partial charge in [-0.2, -0.15) is 0 Å². The molecule has 0 saturated carbocycles. The minimum absolute atomic E-state index is 0.0410. The van der Waals surface area contributed by atoms with Gasteiger partial charge in [0.1, 0.15) is 11.6 Å². The predicted molar refractivity (Wildman–Crippen MR) is 80.9 cm³/mol. The smallest absolute Gasteiger partial charge is 0.145 e. The van der Waals surface area contributed by atoms with Crippen LogP contribution < -0.4 is 5.32 Å². The summed E-state index contributed by atoms with van der Waals surface area (Å²) in [5.41, 5.74) is 2.96. The van der Waals surface area contributed by atoms with Gasteiger partial charge >= 0.3 is 0 Å². The molecule has 1 atom stereocenters. The summed E-state index contributed by atoms with van der Waals surface area (Å²) in [5, 5.41) is 3.02. The second-order valence-electron chi connectivity index (χ2n) is 4.78. The number of aryl methyl sites for hydroxylation is 2. The Hall–Kier alpha value is -1.26. The van der Waals surface area contributed by atoms with Crippen LogP contribution in [0.15, 0.2) is 34.8 Å². The number of hydrogen-bond donors (Lipinski definition) is 1. The van der Waals surface area contributed by atoms with Crippen molar-refractivity contribution in [3.63, 3.8) is 0 Å². The molecule has 0 aliphatic heterocycles. The third kappa shape index (κ3) is 2.63. The first-order valence-electron chi connectivity index (χ1n) is 6.34. The Kier molecular flexibility index (Phi) is 4.55. The molecule has 0 aromatic heterocycles. The minimum atomic E-state index is -0.563. The van der Waals surface area contributed by atoms with Gasteiger partial charge in [0.05, 0.1) is 10.5 Å². The summed E-state index contributed by atoms with van der Waals surface area (Å²) >= 11 is 3.12. The molecule has 1 N–H and O–H groups in total. The van der Waals surface area contributed by atoms with Crippen LogP contribution in [0.25, 0.3) is 0 Å². The number of nitrogens with one attached hydrogen (secondary N) is 1. The lowest BCUT2D eigenvalue weighted by Gasteiger charge is -2.23. The Morgan fingerprint density at radius 1 is 1.00 bits per heavy atom. The molecule has 0 bridgehead atoms. The third-order valence-electron chi connectivity index (χ3n) is 3.49. The Bertz CT molecular complexity index is 620. The van der Waals surface area contributed by atoms with Gasteiger partial charge in [0.15, 0.2) is 0 Å². The van der Waals surface area contributed by atoms with Gasteiger partial charge in [-0.15, -0.1) is 0 Å². The fourth-order valence-electron chi connectivity index (χ4n) is 2.52. The van der Waals surface area contributed by atoms with E-state index >= 15 is 0 Å². The molecule has 2 rings (SSSR count). The van der Waals surface area contributed by atoms with Gasteiger partial charge in [-0.1, -0.05) is 18.2 Å². The highest BCUT2D eigenvalue weighted by atomic mass is 79.9. The second kappa shape index (κ2) is 6.02. The van der Waals surface area contributed by atoms with E-state index in [0.717, 1.165) is 16.7 Å². The van der Waals surface area contributed by atoms with Gasteiger partial charge in [-0.05, 0) is 65.6 Å². The van der Waals surface area contributed by atoms with E-state index in [1.165, 1.54) is 12.1 Å². The average molecular weight is 340 g/mol. The van der Waals surface area contributed by atoms with Gasteiger partial charge in [0.25, 0.3) is 0 Å². The lowest BCUT2D eigenvalue weighted by atomic mass is 9.91.